The van der Waals surface area contributed by atoms with Crippen LogP contribution in [0.1, 0.15) is 26.3 Å². The fraction of sp³-hybridized carbons (Fsp3) is 0.294. The molecule has 6 heteroatoms. The summed E-state index contributed by atoms with van der Waals surface area (Å²) in [6.45, 7) is 7.32. The van der Waals surface area contributed by atoms with Gasteiger partial charge in [0.1, 0.15) is 10.6 Å². The Kier molecular flexibility index (Phi) is 4.85. The Bertz CT molecular complexity index is 813. The number of carbonyl (C=O) groups excluding carboxylic acids is 1. The van der Waals surface area contributed by atoms with Crippen LogP contribution in [-0.2, 0) is 19.2 Å². The number of ketones is 1. The van der Waals surface area contributed by atoms with E-state index in [0.717, 1.165) is 5.56 Å². The van der Waals surface area contributed by atoms with Crippen LogP contribution < -0.4 is 0 Å². The van der Waals surface area contributed by atoms with Gasteiger partial charge in [-0.2, -0.15) is 8.42 Å². The van der Waals surface area contributed by atoms with Gasteiger partial charge in [0.25, 0.3) is 0 Å². The highest BCUT2D eigenvalue weighted by molar-refractivity contribution is 7.86. The largest absolute Gasteiger partial charge is 0.358 e. The lowest BCUT2D eigenvalue weighted by Gasteiger charge is -2.15. The molecule has 1 aromatic carbocycles. The van der Waals surface area contributed by atoms with Crippen molar-refractivity contribution in [1.29, 1.82) is 0 Å². The van der Waals surface area contributed by atoms with Crippen LogP contribution in [0.5, 0.6) is 0 Å². The molecular weight excluding hydrogens is 314 g/mol. The molecule has 1 aliphatic carbocycles. The number of oxime groups is 1. The number of benzene rings is 1. The Hall–Kier alpha value is -2.21. The second-order valence-corrected chi connectivity index (χ2v) is 7.29. The van der Waals surface area contributed by atoms with Crippen molar-refractivity contribution >= 4 is 21.6 Å². The number of aryl methyl sites for hydroxylation is 1. The number of carbonyl (C=O) groups is 1. The van der Waals surface area contributed by atoms with Crippen molar-refractivity contribution in [2.75, 3.05) is 0 Å². The summed E-state index contributed by atoms with van der Waals surface area (Å²) in [6.07, 6.45) is 3.02. The summed E-state index contributed by atoms with van der Waals surface area (Å²) in [5.74, 6) is -0.0817. The molecule has 1 aliphatic rings. The molecule has 0 fully saturated rings. The first-order valence-electron chi connectivity index (χ1n) is 7.23. The summed E-state index contributed by atoms with van der Waals surface area (Å²) in [7, 11) is -3.99. The minimum absolute atomic E-state index is 0.0210. The van der Waals surface area contributed by atoms with E-state index in [0.29, 0.717) is 16.9 Å². The van der Waals surface area contributed by atoms with E-state index in [1.807, 2.05) is 20.8 Å². The van der Waals surface area contributed by atoms with E-state index < -0.39 is 10.1 Å². The fourth-order valence-electron chi connectivity index (χ4n) is 2.07. The second kappa shape index (κ2) is 6.50. The van der Waals surface area contributed by atoms with Crippen molar-refractivity contribution in [3.63, 3.8) is 0 Å². The highest BCUT2D eigenvalue weighted by Gasteiger charge is 2.21. The van der Waals surface area contributed by atoms with Crippen molar-refractivity contribution < 1.29 is 17.5 Å². The topological polar surface area (TPSA) is 72.8 Å². The zero-order valence-corrected chi connectivity index (χ0v) is 14.3. The van der Waals surface area contributed by atoms with Gasteiger partial charge in [-0.15, -0.1) is 0 Å². The molecule has 122 valence electrons. The van der Waals surface area contributed by atoms with E-state index in [-0.39, 0.29) is 16.6 Å². The Balaban J connectivity index is 2.32. The van der Waals surface area contributed by atoms with Gasteiger partial charge in [0, 0.05) is 0 Å². The molecular formula is C17H19NO4S. The van der Waals surface area contributed by atoms with Gasteiger partial charge < -0.3 is 0 Å². The van der Waals surface area contributed by atoms with Crippen LogP contribution in [0.15, 0.2) is 57.6 Å². The smallest absolute Gasteiger partial charge is 0.290 e. The summed E-state index contributed by atoms with van der Waals surface area (Å²) in [6, 6.07) is 6.31. The van der Waals surface area contributed by atoms with E-state index in [2.05, 4.69) is 5.16 Å². The summed E-state index contributed by atoms with van der Waals surface area (Å²) in [5, 5.41) is 3.77. The molecule has 0 spiro atoms. The highest BCUT2D eigenvalue weighted by atomic mass is 32.2. The molecule has 0 aromatic heterocycles. The monoisotopic (exact) mass is 333 g/mol. The first-order chi connectivity index (χ1) is 10.7. The third-order valence-electron chi connectivity index (χ3n) is 3.49. The average molecular weight is 333 g/mol. The van der Waals surface area contributed by atoms with Gasteiger partial charge in [-0.1, -0.05) is 36.7 Å². The molecule has 0 bridgehead atoms. The van der Waals surface area contributed by atoms with E-state index in [1.54, 1.807) is 25.1 Å². The van der Waals surface area contributed by atoms with Gasteiger partial charge in [-0.3, -0.25) is 9.08 Å². The van der Waals surface area contributed by atoms with Crippen LogP contribution in [0.2, 0.25) is 0 Å². The average Bonchev–Trinajstić information content (AvgIpc) is 2.48. The zero-order valence-electron chi connectivity index (χ0n) is 13.5. The van der Waals surface area contributed by atoms with Crippen molar-refractivity contribution in [2.24, 2.45) is 11.1 Å². The van der Waals surface area contributed by atoms with E-state index in [4.69, 9.17) is 4.28 Å². The maximum atomic E-state index is 12.2. The van der Waals surface area contributed by atoms with Crippen LogP contribution in [0, 0.1) is 12.8 Å². The molecule has 0 amide bonds. The van der Waals surface area contributed by atoms with E-state index in [9.17, 15) is 13.2 Å². The zero-order chi connectivity index (χ0) is 17.2. The lowest BCUT2D eigenvalue weighted by atomic mass is 9.90. The third kappa shape index (κ3) is 3.96. The Morgan fingerprint density at radius 3 is 2.22 bits per heavy atom. The number of allylic oxidation sites excluding steroid dienone is 4. The normalized spacial score (nSPS) is 17.3. The minimum Gasteiger partial charge on any atom is -0.290 e. The van der Waals surface area contributed by atoms with E-state index in [1.165, 1.54) is 18.2 Å². The first-order valence-corrected chi connectivity index (χ1v) is 8.64. The predicted molar refractivity (Wildman–Crippen MR) is 88.6 cm³/mol. The lowest BCUT2D eigenvalue weighted by molar-refractivity contribution is -0.111. The van der Waals surface area contributed by atoms with Crippen LogP contribution in [0.25, 0.3) is 0 Å². The number of rotatable bonds is 4. The van der Waals surface area contributed by atoms with Gasteiger partial charge >= 0.3 is 10.1 Å². The lowest BCUT2D eigenvalue weighted by Crippen LogP contribution is -2.17. The molecule has 23 heavy (non-hydrogen) atoms. The van der Waals surface area contributed by atoms with Gasteiger partial charge in [0.2, 0.25) is 0 Å². The second-order valence-electron chi connectivity index (χ2n) is 5.76. The maximum Gasteiger partial charge on any atom is 0.358 e. The van der Waals surface area contributed by atoms with Gasteiger partial charge in [0.15, 0.2) is 5.78 Å². The molecule has 0 aliphatic heterocycles. The number of hydrogen-bond acceptors (Lipinski definition) is 5. The molecule has 0 unspecified atom stereocenters. The van der Waals surface area contributed by atoms with Gasteiger partial charge in [-0.25, -0.2) is 0 Å². The predicted octanol–water partition coefficient (Wildman–Crippen LogP) is 3.17. The Morgan fingerprint density at radius 2 is 1.65 bits per heavy atom. The summed E-state index contributed by atoms with van der Waals surface area (Å²) in [4.78, 5) is 11.8. The molecule has 5 nitrogen and oxygen atoms in total. The van der Waals surface area contributed by atoms with Crippen LogP contribution in [0.3, 0.4) is 0 Å². The molecule has 0 saturated heterocycles. The van der Waals surface area contributed by atoms with Crippen molar-refractivity contribution in [3.05, 3.63) is 53.1 Å². The number of nitrogens with zero attached hydrogens (tertiary/aromatic N) is 1. The van der Waals surface area contributed by atoms with Crippen molar-refractivity contribution in [1.82, 2.24) is 0 Å². The fourth-order valence-corrected chi connectivity index (χ4v) is 2.80. The van der Waals surface area contributed by atoms with Crippen molar-refractivity contribution in [3.8, 4) is 0 Å². The number of hydrogen-bond donors (Lipinski definition) is 0. The van der Waals surface area contributed by atoms with Crippen molar-refractivity contribution in [2.45, 2.75) is 32.6 Å². The van der Waals surface area contributed by atoms with Crippen LogP contribution in [0.4, 0.5) is 0 Å². The summed E-state index contributed by atoms with van der Waals surface area (Å²) < 4.78 is 29.2. The van der Waals surface area contributed by atoms with Crippen LogP contribution in [-0.4, -0.2) is 19.9 Å². The Labute approximate surface area is 136 Å². The molecule has 1 aromatic rings. The third-order valence-corrected chi connectivity index (χ3v) is 4.61. The van der Waals surface area contributed by atoms with Gasteiger partial charge in [0.05, 0.1) is 0 Å². The highest BCUT2D eigenvalue weighted by Crippen LogP contribution is 2.21. The quantitative estimate of drug-likeness (QED) is 0.627. The molecule has 0 heterocycles. The summed E-state index contributed by atoms with van der Waals surface area (Å²) in [5.41, 5.74) is 2.45. The molecule has 0 atom stereocenters. The maximum absolute atomic E-state index is 12.2. The molecule has 0 radical (unpaired) electrons. The first kappa shape index (κ1) is 17.1. The minimum atomic E-state index is -3.99. The Morgan fingerprint density at radius 1 is 1.04 bits per heavy atom. The molecule has 2 rings (SSSR count). The van der Waals surface area contributed by atoms with Gasteiger partial charge in [-0.05, 0) is 55.2 Å². The molecule has 0 saturated carbocycles. The summed E-state index contributed by atoms with van der Waals surface area (Å²) >= 11 is 0. The SMILES string of the molecule is CC1=C/C(=N/OS(=O)(=O)c2ccc(C)cc2)C(C(C)C)=CC1=O. The standard InChI is InChI=1S/C17H19NO4S/c1-11(2)15-10-17(19)13(4)9-16(15)18-22-23(20,21)14-7-5-12(3)6-8-14/h5-11H,1-4H3/b18-16-. The molecule has 0 N–H and O–H groups in total. The van der Waals surface area contributed by atoms with E-state index >= 15 is 0 Å². The van der Waals surface area contributed by atoms with Crippen LogP contribution >= 0.6 is 0 Å².